The summed E-state index contributed by atoms with van der Waals surface area (Å²) in [4.78, 5) is 2.46. The summed E-state index contributed by atoms with van der Waals surface area (Å²) >= 11 is 2.05. The normalized spacial score (nSPS) is 23.5. The molecule has 0 bridgehead atoms. The van der Waals surface area contributed by atoms with Gasteiger partial charge in [0.25, 0.3) is 0 Å². The van der Waals surface area contributed by atoms with Gasteiger partial charge in [0.05, 0.1) is 6.10 Å². The van der Waals surface area contributed by atoms with Crippen LogP contribution in [0, 0.1) is 0 Å². The fourth-order valence-corrected chi connectivity index (χ4v) is 2.32. The highest BCUT2D eigenvalue weighted by Gasteiger charge is 2.09. The lowest BCUT2D eigenvalue weighted by atomic mass is 10.2. The summed E-state index contributed by atoms with van der Waals surface area (Å²) in [7, 11) is 0. The second kappa shape index (κ2) is 5.84. The minimum atomic E-state index is -0.138. The number of aliphatic hydroxyl groups is 1. The highest BCUT2D eigenvalue weighted by molar-refractivity contribution is 7.99. The fourth-order valence-electron chi connectivity index (χ4n) is 1.39. The largest absolute Gasteiger partial charge is 0.393 e. The van der Waals surface area contributed by atoms with Gasteiger partial charge in [-0.2, -0.15) is 11.8 Å². The highest BCUT2D eigenvalue weighted by atomic mass is 32.2. The molecule has 0 spiro atoms. The van der Waals surface area contributed by atoms with Crippen molar-refractivity contribution < 1.29 is 5.11 Å². The molecular formula is C9H19NOS. The molecule has 0 aromatic heterocycles. The van der Waals surface area contributed by atoms with E-state index in [-0.39, 0.29) is 6.10 Å². The number of aliphatic hydroxyl groups excluding tert-OH is 1. The lowest BCUT2D eigenvalue weighted by Gasteiger charge is -2.19. The average Bonchev–Trinajstić information content (AvgIpc) is 2.28. The third-order valence-corrected chi connectivity index (χ3v) is 3.23. The Balaban J connectivity index is 2.12. The van der Waals surface area contributed by atoms with E-state index in [1.165, 1.54) is 31.0 Å². The topological polar surface area (TPSA) is 23.5 Å². The van der Waals surface area contributed by atoms with Gasteiger partial charge in [0.15, 0.2) is 0 Å². The highest BCUT2D eigenvalue weighted by Crippen LogP contribution is 2.10. The molecule has 2 nitrogen and oxygen atoms in total. The van der Waals surface area contributed by atoms with E-state index in [0.717, 1.165) is 13.0 Å². The van der Waals surface area contributed by atoms with Crippen LogP contribution in [0.2, 0.25) is 0 Å². The number of rotatable bonds is 3. The van der Waals surface area contributed by atoms with E-state index in [1.54, 1.807) is 0 Å². The van der Waals surface area contributed by atoms with Crippen LogP contribution < -0.4 is 0 Å². The molecule has 1 atom stereocenters. The summed E-state index contributed by atoms with van der Waals surface area (Å²) < 4.78 is 0. The first-order valence-corrected chi connectivity index (χ1v) is 5.92. The summed E-state index contributed by atoms with van der Waals surface area (Å²) in [6, 6.07) is 0. The molecule has 1 rings (SSSR count). The predicted octanol–water partition coefficient (Wildman–Crippen LogP) is 1.20. The second-order valence-corrected chi connectivity index (χ2v) is 4.67. The minimum Gasteiger partial charge on any atom is -0.393 e. The van der Waals surface area contributed by atoms with Gasteiger partial charge in [0.1, 0.15) is 0 Å². The zero-order valence-corrected chi connectivity index (χ0v) is 8.65. The van der Waals surface area contributed by atoms with Crippen molar-refractivity contribution >= 4 is 11.8 Å². The third-order valence-electron chi connectivity index (χ3n) is 2.18. The van der Waals surface area contributed by atoms with E-state index in [0.29, 0.717) is 0 Å². The standard InChI is InChI=1S/C9H19NOS/c1-9(11)3-5-10-4-2-7-12-8-6-10/h9,11H,2-8H2,1H3. The van der Waals surface area contributed by atoms with Gasteiger partial charge in [-0.1, -0.05) is 0 Å². The second-order valence-electron chi connectivity index (χ2n) is 3.45. The van der Waals surface area contributed by atoms with Crippen LogP contribution in [0.4, 0.5) is 0 Å². The Bertz CT molecular complexity index is 111. The summed E-state index contributed by atoms with van der Waals surface area (Å²) in [5, 5.41) is 9.12. The van der Waals surface area contributed by atoms with Crippen molar-refractivity contribution in [3.05, 3.63) is 0 Å². The van der Waals surface area contributed by atoms with E-state index in [1.807, 2.05) is 18.7 Å². The molecule has 0 aromatic carbocycles. The van der Waals surface area contributed by atoms with Crippen LogP contribution in [0.25, 0.3) is 0 Å². The van der Waals surface area contributed by atoms with Crippen molar-refractivity contribution in [2.75, 3.05) is 31.1 Å². The van der Waals surface area contributed by atoms with Crippen LogP contribution in [0.3, 0.4) is 0 Å². The van der Waals surface area contributed by atoms with Gasteiger partial charge in [0.2, 0.25) is 0 Å². The first-order chi connectivity index (χ1) is 5.79. The molecule has 0 aromatic rings. The van der Waals surface area contributed by atoms with Crippen LogP contribution >= 0.6 is 11.8 Å². The Labute approximate surface area is 79.3 Å². The van der Waals surface area contributed by atoms with Gasteiger partial charge in [-0.05, 0) is 32.1 Å². The molecule has 1 saturated heterocycles. The maximum atomic E-state index is 9.12. The molecule has 1 N–H and O–H groups in total. The molecule has 1 heterocycles. The van der Waals surface area contributed by atoms with Crippen LogP contribution in [-0.2, 0) is 0 Å². The van der Waals surface area contributed by atoms with Gasteiger partial charge >= 0.3 is 0 Å². The minimum absolute atomic E-state index is 0.138. The monoisotopic (exact) mass is 189 g/mol. The van der Waals surface area contributed by atoms with Gasteiger partial charge in [0, 0.05) is 18.8 Å². The Morgan fingerprint density at radius 2 is 2.25 bits per heavy atom. The fraction of sp³-hybridized carbons (Fsp3) is 1.00. The Kier molecular flexibility index (Phi) is 5.04. The van der Waals surface area contributed by atoms with E-state index < -0.39 is 0 Å². The van der Waals surface area contributed by atoms with Crippen LogP contribution in [0.5, 0.6) is 0 Å². The van der Waals surface area contributed by atoms with E-state index >= 15 is 0 Å². The molecule has 0 radical (unpaired) electrons. The van der Waals surface area contributed by atoms with E-state index in [9.17, 15) is 0 Å². The molecule has 0 amide bonds. The lowest BCUT2D eigenvalue weighted by molar-refractivity contribution is 0.159. The molecule has 72 valence electrons. The summed E-state index contributed by atoms with van der Waals surface area (Å²) in [6.45, 7) is 5.36. The van der Waals surface area contributed by atoms with Crippen molar-refractivity contribution in [3.63, 3.8) is 0 Å². The molecule has 12 heavy (non-hydrogen) atoms. The molecule has 0 saturated carbocycles. The number of nitrogens with zero attached hydrogens (tertiary/aromatic N) is 1. The molecule has 3 heteroatoms. The third kappa shape index (κ3) is 4.33. The lowest BCUT2D eigenvalue weighted by Crippen LogP contribution is -2.28. The van der Waals surface area contributed by atoms with Crippen molar-refractivity contribution in [3.8, 4) is 0 Å². The van der Waals surface area contributed by atoms with Crippen LogP contribution in [0.15, 0.2) is 0 Å². The summed E-state index contributed by atoms with van der Waals surface area (Å²) in [5.41, 5.74) is 0. The van der Waals surface area contributed by atoms with Gasteiger partial charge < -0.3 is 10.0 Å². The van der Waals surface area contributed by atoms with Crippen LogP contribution in [0.1, 0.15) is 19.8 Å². The molecule has 1 aliphatic heterocycles. The first kappa shape index (κ1) is 10.4. The van der Waals surface area contributed by atoms with Crippen molar-refractivity contribution in [2.24, 2.45) is 0 Å². The summed E-state index contributed by atoms with van der Waals surface area (Å²) in [5.74, 6) is 2.57. The molecule has 1 unspecified atom stereocenters. The Hall–Kier alpha value is 0.270. The molecule has 0 aliphatic carbocycles. The smallest absolute Gasteiger partial charge is 0.0524 e. The van der Waals surface area contributed by atoms with E-state index in [2.05, 4.69) is 4.90 Å². The van der Waals surface area contributed by atoms with Crippen molar-refractivity contribution in [1.29, 1.82) is 0 Å². The SMILES string of the molecule is CC(O)CCN1CCCSCC1. The number of thioether (sulfide) groups is 1. The maximum absolute atomic E-state index is 9.12. The van der Waals surface area contributed by atoms with Gasteiger partial charge in [-0.3, -0.25) is 0 Å². The van der Waals surface area contributed by atoms with Crippen LogP contribution in [-0.4, -0.2) is 47.3 Å². The van der Waals surface area contributed by atoms with Crippen molar-refractivity contribution in [1.82, 2.24) is 4.90 Å². The van der Waals surface area contributed by atoms with Gasteiger partial charge in [-0.25, -0.2) is 0 Å². The average molecular weight is 189 g/mol. The predicted molar refractivity (Wildman–Crippen MR) is 54.7 cm³/mol. The molecule has 1 fully saturated rings. The first-order valence-electron chi connectivity index (χ1n) is 4.77. The van der Waals surface area contributed by atoms with Gasteiger partial charge in [-0.15, -0.1) is 0 Å². The van der Waals surface area contributed by atoms with E-state index in [4.69, 9.17) is 5.11 Å². The maximum Gasteiger partial charge on any atom is 0.0524 e. The summed E-state index contributed by atoms with van der Waals surface area (Å²) in [6.07, 6.45) is 2.09. The Morgan fingerprint density at radius 1 is 1.42 bits per heavy atom. The molecular weight excluding hydrogens is 170 g/mol. The number of hydrogen-bond donors (Lipinski definition) is 1. The zero-order chi connectivity index (χ0) is 8.81. The number of hydrogen-bond acceptors (Lipinski definition) is 3. The van der Waals surface area contributed by atoms with Crippen molar-refractivity contribution in [2.45, 2.75) is 25.9 Å². The Morgan fingerprint density at radius 3 is 3.00 bits per heavy atom. The quantitative estimate of drug-likeness (QED) is 0.721. The molecule has 1 aliphatic rings. The zero-order valence-electron chi connectivity index (χ0n) is 7.83.